The van der Waals surface area contributed by atoms with Crippen LogP contribution in [-0.2, 0) is 23.3 Å². The predicted octanol–water partition coefficient (Wildman–Crippen LogP) is 2.58. The van der Waals surface area contributed by atoms with E-state index in [4.69, 9.17) is 18.9 Å². The summed E-state index contributed by atoms with van der Waals surface area (Å²) in [6.07, 6.45) is -0.934. The molecule has 38 heavy (non-hydrogen) atoms. The second-order valence-corrected chi connectivity index (χ2v) is 11.5. The zero-order valence-electron chi connectivity index (χ0n) is 21.4. The van der Waals surface area contributed by atoms with Gasteiger partial charge in [-0.25, -0.2) is 0 Å². The van der Waals surface area contributed by atoms with Gasteiger partial charge in [-0.15, -0.1) is 0 Å². The first-order chi connectivity index (χ1) is 18.3. The number of fused-ring (bicyclic) bond motifs is 1. The van der Waals surface area contributed by atoms with Gasteiger partial charge in [0, 0.05) is 17.4 Å². The van der Waals surface area contributed by atoms with Crippen LogP contribution in [0.2, 0.25) is 0 Å². The Morgan fingerprint density at radius 1 is 0.868 bits per heavy atom. The van der Waals surface area contributed by atoms with Crippen molar-refractivity contribution in [2.24, 2.45) is 5.92 Å². The fraction of sp³-hybridized carbons (Fsp3) is 0.538. The summed E-state index contributed by atoms with van der Waals surface area (Å²) in [6.45, 7) is -1.16. The number of phenols is 2. The molecule has 1 aliphatic heterocycles. The zero-order valence-corrected chi connectivity index (χ0v) is 23.0. The number of hydrogen-bond donors (Lipinski definition) is 6. The van der Waals surface area contributed by atoms with Gasteiger partial charge in [-0.05, 0) is 66.6 Å². The van der Waals surface area contributed by atoms with Gasteiger partial charge >= 0.3 is 0 Å². The maximum Gasteiger partial charge on any atom is 0.200 e. The summed E-state index contributed by atoms with van der Waals surface area (Å²) >= 11 is 0. The number of phenolic OH excluding ortho intramolecular Hbond substituents is 2. The van der Waals surface area contributed by atoms with Crippen molar-refractivity contribution < 1.29 is 49.6 Å². The maximum absolute atomic E-state index is 11.3. The van der Waals surface area contributed by atoms with E-state index < -0.39 is 37.8 Å². The zero-order chi connectivity index (χ0) is 27.7. The Balaban J connectivity index is 1.88. The number of hydrogen-bond acceptors (Lipinski definition) is 12. The number of aliphatic hydroxyl groups excluding tert-OH is 4. The van der Waals surface area contributed by atoms with E-state index in [0.717, 1.165) is 11.1 Å². The second-order valence-electron chi connectivity index (χ2n) is 8.95. The molecule has 2 aromatic carbocycles. The summed E-state index contributed by atoms with van der Waals surface area (Å²) in [7, 11) is 5.87. The fourth-order valence-electron chi connectivity index (χ4n) is 4.56. The quantitative estimate of drug-likeness (QED) is 0.203. The fourth-order valence-corrected chi connectivity index (χ4v) is 6.86. The lowest BCUT2D eigenvalue weighted by molar-refractivity contribution is -0.0808. The third-order valence-corrected chi connectivity index (χ3v) is 8.92. The third kappa shape index (κ3) is 7.98. The van der Waals surface area contributed by atoms with Crippen molar-refractivity contribution in [3.8, 4) is 28.7 Å². The molecule has 0 fully saturated rings. The molecule has 6 N–H and O–H groups in total. The Morgan fingerprint density at radius 3 is 2.29 bits per heavy atom. The molecule has 1 aliphatic rings. The van der Waals surface area contributed by atoms with Crippen molar-refractivity contribution in [3.05, 3.63) is 41.0 Å². The first kappa shape index (κ1) is 30.5. The van der Waals surface area contributed by atoms with Crippen molar-refractivity contribution in [1.29, 1.82) is 0 Å². The SMILES string of the molecule is COc1cc2c(cc1O)CSSCC(O)C(Cc1cc(OC)c(O)c(OCO)c1)C(O)CC(OCO)CC2. The Labute approximate surface area is 229 Å². The van der Waals surface area contributed by atoms with Gasteiger partial charge in [0.1, 0.15) is 6.79 Å². The summed E-state index contributed by atoms with van der Waals surface area (Å²) in [5, 5.41) is 61.6. The Morgan fingerprint density at radius 2 is 1.61 bits per heavy atom. The largest absolute Gasteiger partial charge is 0.504 e. The maximum atomic E-state index is 11.3. The topological polar surface area (TPSA) is 158 Å². The van der Waals surface area contributed by atoms with Gasteiger partial charge < -0.3 is 49.6 Å². The molecule has 212 valence electrons. The van der Waals surface area contributed by atoms with E-state index >= 15 is 0 Å². The highest BCUT2D eigenvalue weighted by Gasteiger charge is 2.31. The summed E-state index contributed by atoms with van der Waals surface area (Å²) in [4.78, 5) is 0. The van der Waals surface area contributed by atoms with Crippen LogP contribution in [0, 0.1) is 5.92 Å². The molecule has 10 nitrogen and oxygen atoms in total. The average molecular weight is 573 g/mol. The Bertz CT molecular complexity index is 1040. The number of benzene rings is 2. The monoisotopic (exact) mass is 572 g/mol. The minimum atomic E-state index is -0.983. The van der Waals surface area contributed by atoms with Crippen molar-refractivity contribution >= 4 is 21.6 Å². The highest BCUT2D eigenvalue weighted by atomic mass is 33.1. The summed E-state index contributed by atoms with van der Waals surface area (Å²) in [5.41, 5.74) is 2.53. The molecule has 0 saturated carbocycles. The number of ether oxygens (including phenoxy) is 4. The van der Waals surface area contributed by atoms with E-state index in [1.165, 1.54) is 41.9 Å². The lowest BCUT2D eigenvalue weighted by Crippen LogP contribution is -2.38. The molecule has 0 amide bonds. The van der Waals surface area contributed by atoms with E-state index in [1.54, 1.807) is 18.2 Å². The highest BCUT2D eigenvalue weighted by Crippen LogP contribution is 2.40. The minimum absolute atomic E-state index is 0.0262. The standard InChI is InChI=1S/C26H36O10S2/c1-33-23-9-16-3-4-18(35-13-27)10-20(29)19(22(31)12-38-37-11-17(16)8-21(23)30)5-15-6-24(34-2)26(32)25(7-15)36-14-28/h6-9,18-20,22,27-32H,3-5,10-14H2,1-2H3. The van der Waals surface area contributed by atoms with Crippen LogP contribution in [0.1, 0.15) is 29.5 Å². The van der Waals surface area contributed by atoms with Gasteiger partial charge in [-0.2, -0.15) is 0 Å². The molecule has 0 radical (unpaired) electrons. The van der Waals surface area contributed by atoms with Crippen molar-refractivity contribution in [2.75, 3.05) is 33.6 Å². The first-order valence-corrected chi connectivity index (χ1v) is 14.6. The molecule has 0 aliphatic carbocycles. The van der Waals surface area contributed by atoms with E-state index in [-0.39, 0.29) is 35.8 Å². The van der Waals surface area contributed by atoms with Crippen molar-refractivity contribution in [1.82, 2.24) is 0 Å². The molecule has 0 bridgehead atoms. The molecule has 2 aromatic rings. The normalized spacial score (nSPS) is 22.9. The number of aryl methyl sites for hydroxylation is 1. The van der Waals surface area contributed by atoms with Gasteiger partial charge in [-0.1, -0.05) is 21.6 Å². The molecular formula is C26H36O10S2. The molecule has 4 atom stereocenters. The van der Waals surface area contributed by atoms with Gasteiger partial charge in [0.2, 0.25) is 5.75 Å². The number of rotatable bonds is 8. The van der Waals surface area contributed by atoms with Crippen LogP contribution in [0.15, 0.2) is 24.3 Å². The third-order valence-electron chi connectivity index (χ3n) is 6.59. The van der Waals surface area contributed by atoms with Crippen molar-refractivity contribution in [3.63, 3.8) is 0 Å². The van der Waals surface area contributed by atoms with Crippen molar-refractivity contribution in [2.45, 2.75) is 49.7 Å². The number of methoxy groups -OCH3 is 2. The van der Waals surface area contributed by atoms with Gasteiger partial charge in [0.15, 0.2) is 29.8 Å². The van der Waals surface area contributed by atoms with E-state index in [2.05, 4.69) is 0 Å². The first-order valence-electron chi connectivity index (χ1n) is 12.2. The molecule has 0 saturated heterocycles. The van der Waals surface area contributed by atoms with E-state index in [0.29, 0.717) is 35.7 Å². The summed E-state index contributed by atoms with van der Waals surface area (Å²) in [5.74, 6) is 0.623. The molecule has 1 heterocycles. The number of aromatic hydroxyl groups is 2. The lowest BCUT2D eigenvalue weighted by atomic mass is 9.86. The van der Waals surface area contributed by atoms with Gasteiger partial charge in [0.25, 0.3) is 0 Å². The molecule has 0 spiro atoms. The van der Waals surface area contributed by atoms with Crippen LogP contribution in [-0.4, -0.2) is 82.5 Å². The predicted molar refractivity (Wildman–Crippen MR) is 145 cm³/mol. The van der Waals surface area contributed by atoms with E-state index in [9.17, 15) is 30.6 Å². The number of aliphatic hydroxyl groups is 4. The lowest BCUT2D eigenvalue weighted by Gasteiger charge is -2.30. The molecular weight excluding hydrogens is 536 g/mol. The summed E-state index contributed by atoms with van der Waals surface area (Å²) < 4.78 is 21.2. The Kier molecular flexibility index (Phi) is 12.0. The molecule has 3 rings (SSSR count). The minimum Gasteiger partial charge on any atom is -0.504 e. The van der Waals surface area contributed by atoms with Crippen LogP contribution in [0.4, 0.5) is 0 Å². The van der Waals surface area contributed by atoms with Crippen LogP contribution < -0.4 is 14.2 Å². The van der Waals surface area contributed by atoms with Gasteiger partial charge in [-0.3, -0.25) is 0 Å². The Hall–Kier alpha value is -2.06. The van der Waals surface area contributed by atoms with Crippen LogP contribution in [0.3, 0.4) is 0 Å². The summed E-state index contributed by atoms with van der Waals surface area (Å²) in [6, 6.07) is 6.61. The highest BCUT2D eigenvalue weighted by molar-refractivity contribution is 8.76. The molecule has 0 aromatic heterocycles. The van der Waals surface area contributed by atoms with Crippen LogP contribution >= 0.6 is 21.6 Å². The molecule has 4 unspecified atom stereocenters. The van der Waals surface area contributed by atoms with E-state index in [1.807, 2.05) is 0 Å². The van der Waals surface area contributed by atoms with Crippen LogP contribution in [0.5, 0.6) is 28.7 Å². The second kappa shape index (κ2) is 14.9. The average Bonchev–Trinajstić information content (AvgIpc) is 2.90. The smallest absolute Gasteiger partial charge is 0.200 e. The molecule has 12 heteroatoms. The van der Waals surface area contributed by atoms with Crippen LogP contribution in [0.25, 0.3) is 0 Å². The van der Waals surface area contributed by atoms with Gasteiger partial charge in [0.05, 0.1) is 32.5 Å².